The van der Waals surface area contributed by atoms with Crippen LogP contribution in [0.1, 0.15) is 31.7 Å². The number of anilines is 1. The lowest BCUT2D eigenvalue weighted by molar-refractivity contribution is -0.133. The summed E-state index contributed by atoms with van der Waals surface area (Å²) in [4.78, 5) is 34.0. The number of rotatable bonds is 8. The number of fused-ring (bicyclic) bond motifs is 1. The number of nitrogens with zero attached hydrogens (tertiary/aromatic N) is 4. The number of ether oxygens (including phenoxy) is 2. The van der Waals surface area contributed by atoms with Crippen LogP contribution in [0.25, 0.3) is 0 Å². The Bertz CT molecular complexity index is 1180. The lowest BCUT2D eigenvalue weighted by Crippen LogP contribution is -2.47. The van der Waals surface area contributed by atoms with Crippen LogP contribution in [0.2, 0.25) is 10.0 Å². The number of likely N-dealkylation sites (tertiary alicyclic amines) is 1. The number of amides is 2. The largest absolute Gasteiger partial charge is 0.454 e. The number of carbonyl (C=O) groups excluding carboxylic acids is 2. The second-order valence-corrected chi connectivity index (χ2v) is 11.3. The molecule has 3 aliphatic rings. The molecular formula is C29H36Cl2N4O4. The Morgan fingerprint density at radius 1 is 0.897 bits per heavy atom. The molecular weight excluding hydrogens is 539 g/mol. The topological polar surface area (TPSA) is 65.6 Å². The molecule has 0 saturated carbocycles. The van der Waals surface area contributed by atoms with Gasteiger partial charge in [0.05, 0.1) is 10.0 Å². The van der Waals surface area contributed by atoms with E-state index in [0.29, 0.717) is 49.3 Å². The highest BCUT2D eigenvalue weighted by molar-refractivity contribution is 6.42. The Hall–Kier alpha value is -2.52. The molecule has 2 saturated heterocycles. The molecule has 2 fully saturated rings. The van der Waals surface area contributed by atoms with Gasteiger partial charge in [0.1, 0.15) is 0 Å². The van der Waals surface area contributed by atoms with Crippen molar-refractivity contribution in [3.05, 3.63) is 52.0 Å². The molecule has 2 aromatic rings. The highest BCUT2D eigenvalue weighted by atomic mass is 35.5. The molecule has 3 aliphatic heterocycles. The van der Waals surface area contributed by atoms with Crippen molar-refractivity contribution >= 4 is 40.7 Å². The molecule has 0 aromatic heterocycles. The van der Waals surface area contributed by atoms with Gasteiger partial charge in [0, 0.05) is 70.9 Å². The van der Waals surface area contributed by atoms with Crippen LogP contribution < -0.4 is 14.4 Å². The van der Waals surface area contributed by atoms with Crippen LogP contribution in [0.3, 0.4) is 0 Å². The van der Waals surface area contributed by atoms with Crippen molar-refractivity contribution in [1.29, 1.82) is 0 Å². The number of halogens is 2. The molecule has 2 amide bonds. The Labute approximate surface area is 240 Å². The van der Waals surface area contributed by atoms with Gasteiger partial charge in [-0.1, -0.05) is 29.3 Å². The average Bonchev–Trinajstić information content (AvgIpc) is 3.41. The number of piperazine rings is 1. The van der Waals surface area contributed by atoms with Crippen molar-refractivity contribution < 1.29 is 19.1 Å². The number of piperidine rings is 1. The number of hydrogen-bond acceptors (Lipinski definition) is 6. The molecule has 0 atom stereocenters. The summed E-state index contributed by atoms with van der Waals surface area (Å²) in [6.07, 6.45) is 2.23. The molecule has 210 valence electrons. The average molecular weight is 576 g/mol. The van der Waals surface area contributed by atoms with Crippen molar-refractivity contribution in [3.8, 4) is 11.5 Å². The van der Waals surface area contributed by atoms with E-state index in [2.05, 4.69) is 21.9 Å². The Kier molecular flexibility index (Phi) is 9.17. The zero-order valence-electron chi connectivity index (χ0n) is 22.4. The normalized spacial score (nSPS) is 18.4. The Morgan fingerprint density at radius 3 is 2.33 bits per heavy atom. The maximum absolute atomic E-state index is 13.7. The SMILES string of the molecule is CC(=O)N1CCC(C(=O)N(CCCN2CCN(Cc3ccc4c(c3)OCO4)CC2)c2ccc(Cl)c(Cl)c2)CC1. The summed E-state index contributed by atoms with van der Waals surface area (Å²) in [5.74, 6) is 1.72. The third kappa shape index (κ3) is 6.98. The smallest absolute Gasteiger partial charge is 0.231 e. The molecule has 0 spiro atoms. The number of benzene rings is 2. The number of hydrogen-bond donors (Lipinski definition) is 0. The summed E-state index contributed by atoms with van der Waals surface area (Å²) < 4.78 is 10.9. The van der Waals surface area contributed by atoms with Gasteiger partial charge in [0.15, 0.2) is 11.5 Å². The molecule has 5 rings (SSSR count). The van der Waals surface area contributed by atoms with Crippen molar-refractivity contribution in [2.75, 3.05) is 64.1 Å². The minimum Gasteiger partial charge on any atom is -0.454 e. The van der Waals surface area contributed by atoms with Gasteiger partial charge >= 0.3 is 0 Å². The fraction of sp³-hybridized carbons (Fsp3) is 0.517. The monoisotopic (exact) mass is 574 g/mol. The van der Waals surface area contributed by atoms with E-state index in [1.54, 1.807) is 19.1 Å². The van der Waals surface area contributed by atoms with Crippen LogP contribution in [-0.2, 0) is 16.1 Å². The summed E-state index contributed by atoms with van der Waals surface area (Å²) in [5, 5.41) is 0.915. The summed E-state index contributed by atoms with van der Waals surface area (Å²) in [6.45, 7) is 9.54. The fourth-order valence-electron chi connectivity index (χ4n) is 5.60. The first kappa shape index (κ1) is 28.0. The predicted molar refractivity (Wildman–Crippen MR) is 153 cm³/mol. The molecule has 0 radical (unpaired) electrons. The first-order valence-corrected chi connectivity index (χ1v) is 14.5. The van der Waals surface area contributed by atoms with Gasteiger partial charge in [-0.15, -0.1) is 0 Å². The van der Waals surface area contributed by atoms with Gasteiger partial charge in [-0.2, -0.15) is 0 Å². The molecule has 8 nitrogen and oxygen atoms in total. The van der Waals surface area contributed by atoms with Crippen molar-refractivity contribution in [2.24, 2.45) is 5.92 Å². The minimum atomic E-state index is -0.102. The van der Waals surface area contributed by atoms with Gasteiger partial charge in [-0.25, -0.2) is 0 Å². The van der Waals surface area contributed by atoms with Gasteiger partial charge in [-0.3, -0.25) is 14.5 Å². The van der Waals surface area contributed by atoms with Crippen LogP contribution in [0, 0.1) is 5.92 Å². The minimum absolute atomic E-state index is 0.0678. The van der Waals surface area contributed by atoms with E-state index < -0.39 is 0 Å². The number of carbonyl (C=O) groups is 2. The van der Waals surface area contributed by atoms with Crippen LogP contribution in [-0.4, -0.2) is 85.7 Å². The first-order valence-electron chi connectivity index (χ1n) is 13.7. The molecule has 0 N–H and O–H groups in total. The predicted octanol–water partition coefficient (Wildman–Crippen LogP) is 4.52. The molecule has 39 heavy (non-hydrogen) atoms. The zero-order chi connectivity index (χ0) is 27.4. The highest BCUT2D eigenvalue weighted by Crippen LogP contribution is 2.33. The van der Waals surface area contributed by atoms with E-state index in [1.807, 2.05) is 21.9 Å². The second-order valence-electron chi connectivity index (χ2n) is 10.5. The summed E-state index contributed by atoms with van der Waals surface area (Å²) in [5.41, 5.74) is 2.01. The van der Waals surface area contributed by atoms with Crippen LogP contribution in [0.4, 0.5) is 5.69 Å². The molecule has 3 heterocycles. The Balaban J connectivity index is 1.13. The Morgan fingerprint density at radius 2 is 1.62 bits per heavy atom. The van der Waals surface area contributed by atoms with Crippen molar-refractivity contribution in [2.45, 2.75) is 32.7 Å². The molecule has 10 heteroatoms. The van der Waals surface area contributed by atoms with Crippen LogP contribution >= 0.6 is 23.2 Å². The van der Waals surface area contributed by atoms with E-state index in [0.717, 1.165) is 62.9 Å². The van der Waals surface area contributed by atoms with Crippen molar-refractivity contribution in [3.63, 3.8) is 0 Å². The summed E-state index contributed by atoms with van der Waals surface area (Å²) in [7, 11) is 0. The van der Waals surface area contributed by atoms with E-state index in [4.69, 9.17) is 32.7 Å². The van der Waals surface area contributed by atoms with Crippen LogP contribution in [0.15, 0.2) is 36.4 Å². The standard InChI is InChI=1S/C29H36Cl2N4O4/c1-21(36)34-11-7-23(8-12-34)29(37)35(24-4-5-25(30)26(31)18-24)10-2-9-32-13-15-33(16-14-32)19-22-3-6-27-28(17-22)39-20-38-27/h3-6,17-18,23H,2,7-16,19-20H2,1H3. The van der Waals surface area contributed by atoms with E-state index >= 15 is 0 Å². The summed E-state index contributed by atoms with van der Waals surface area (Å²) >= 11 is 12.5. The van der Waals surface area contributed by atoms with Gasteiger partial charge < -0.3 is 24.2 Å². The summed E-state index contributed by atoms with van der Waals surface area (Å²) in [6, 6.07) is 11.6. The molecule has 2 aromatic carbocycles. The fourth-order valence-corrected chi connectivity index (χ4v) is 5.89. The van der Waals surface area contributed by atoms with Gasteiger partial charge in [-0.05, 0) is 61.7 Å². The lowest BCUT2D eigenvalue weighted by atomic mass is 9.94. The van der Waals surface area contributed by atoms with Crippen molar-refractivity contribution in [1.82, 2.24) is 14.7 Å². The van der Waals surface area contributed by atoms with Crippen LogP contribution in [0.5, 0.6) is 11.5 Å². The maximum atomic E-state index is 13.7. The highest BCUT2D eigenvalue weighted by Gasteiger charge is 2.30. The third-order valence-corrected chi connectivity index (χ3v) is 8.67. The second kappa shape index (κ2) is 12.8. The van der Waals surface area contributed by atoms with E-state index in [9.17, 15) is 9.59 Å². The van der Waals surface area contributed by atoms with Gasteiger partial charge in [0.2, 0.25) is 18.6 Å². The molecule has 0 aliphatic carbocycles. The third-order valence-electron chi connectivity index (χ3n) is 7.93. The zero-order valence-corrected chi connectivity index (χ0v) is 23.9. The van der Waals surface area contributed by atoms with E-state index in [1.165, 1.54) is 5.56 Å². The molecule has 0 unspecified atom stereocenters. The van der Waals surface area contributed by atoms with Gasteiger partial charge in [0.25, 0.3) is 0 Å². The van der Waals surface area contributed by atoms with E-state index in [-0.39, 0.29) is 17.7 Å². The molecule has 0 bridgehead atoms. The quantitative estimate of drug-likeness (QED) is 0.462. The first-order chi connectivity index (χ1) is 18.9. The lowest BCUT2D eigenvalue weighted by Gasteiger charge is -2.36. The maximum Gasteiger partial charge on any atom is 0.231 e.